The van der Waals surface area contributed by atoms with E-state index in [1.807, 2.05) is 13.8 Å². The molecule has 0 radical (unpaired) electrons. The minimum Gasteiger partial charge on any atom is -0.490 e. The molecule has 1 rings (SSSR count). The van der Waals surface area contributed by atoms with Crippen LogP contribution in [-0.4, -0.2) is 19.2 Å². The van der Waals surface area contributed by atoms with Crippen molar-refractivity contribution >= 4 is 0 Å². The summed E-state index contributed by atoms with van der Waals surface area (Å²) < 4.78 is 18.9. The van der Waals surface area contributed by atoms with Gasteiger partial charge in [0.05, 0.1) is 6.10 Å². The number of halogens is 1. The third-order valence-corrected chi connectivity index (χ3v) is 3.00. The Kier molecular flexibility index (Phi) is 6.85. The fourth-order valence-electron chi connectivity index (χ4n) is 1.88. The number of nitrogens with one attached hydrogen (secondary N) is 1. The second kappa shape index (κ2) is 8.16. The molecule has 1 N–H and O–H groups in total. The molecule has 0 aliphatic heterocycles. The van der Waals surface area contributed by atoms with E-state index >= 15 is 0 Å². The maximum atomic E-state index is 13.1. The monoisotopic (exact) mass is 267 g/mol. The summed E-state index contributed by atoms with van der Waals surface area (Å²) in [7, 11) is 0. The van der Waals surface area contributed by atoms with Crippen LogP contribution < -0.4 is 10.1 Å². The number of ether oxygens (including phenoxy) is 1. The van der Waals surface area contributed by atoms with Crippen molar-refractivity contribution in [2.75, 3.05) is 13.1 Å². The van der Waals surface area contributed by atoms with Gasteiger partial charge in [-0.2, -0.15) is 0 Å². The Morgan fingerprint density at radius 2 is 2.00 bits per heavy atom. The van der Waals surface area contributed by atoms with E-state index in [0.29, 0.717) is 11.7 Å². The highest BCUT2D eigenvalue weighted by Gasteiger charge is 2.07. The molecule has 0 saturated carbocycles. The molecule has 0 bridgehead atoms. The van der Waals surface area contributed by atoms with Gasteiger partial charge in [0, 0.05) is 6.07 Å². The quantitative estimate of drug-likeness (QED) is 0.721. The summed E-state index contributed by atoms with van der Waals surface area (Å²) >= 11 is 0. The SMILES string of the molecule is Cc1ccc(F)cc1OC(C)CCCNCC(C)C. The predicted octanol–water partition coefficient (Wildman–Crippen LogP) is 3.93. The molecular formula is C16H26FNO. The van der Waals surface area contributed by atoms with Crippen LogP contribution in [-0.2, 0) is 0 Å². The van der Waals surface area contributed by atoms with E-state index in [2.05, 4.69) is 19.2 Å². The molecule has 108 valence electrons. The summed E-state index contributed by atoms with van der Waals surface area (Å²) in [6, 6.07) is 4.67. The van der Waals surface area contributed by atoms with Gasteiger partial charge in [0.2, 0.25) is 0 Å². The molecular weight excluding hydrogens is 241 g/mol. The zero-order valence-corrected chi connectivity index (χ0v) is 12.5. The average Bonchev–Trinajstić information content (AvgIpc) is 2.33. The van der Waals surface area contributed by atoms with Crippen LogP contribution >= 0.6 is 0 Å². The van der Waals surface area contributed by atoms with E-state index < -0.39 is 0 Å². The van der Waals surface area contributed by atoms with Gasteiger partial charge < -0.3 is 10.1 Å². The van der Waals surface area contributed by atoms with Crippen LogP contribution in [0.4, 0.5) is 4.39 Å². The number of hydrogen-bond acceptors (Lipinski definition) is 2. The summed E-state index contributed by atoms with van der Waals surface area (Å²) in [5.74, 6) is 1.10. The second-order valence-corrected chi connectivity index (χ2v) is 5.58. The molecule has 1 aromatic carbocycles. The molecule has 1 unspecified atom stereocenters. The Balaban J connectivity index is 2.27. The Labute approximate surface area is 116 Å². The lowest BCUT2D eigenvalue weighted by atomic mass is 10.2. The van der Waals surface area contributed by atoms with Crippen molar-refractivity contribution in [1.82, 2.24) is 5.32 Å². The fraction of sp³-hybridized carbons (Fsp3) is 0.625. The first-order valence-corrected chi connectivity index (χ1v) is 7.12. The molecule has 1 atom stereocenters. The molecule has 0 spiro atoms. The number of hydrogen-bond donors (Lipinski definition) is 1. The number of rotatable bonds is 8. The lowest BCUT2D eigenvalue weighted by Crippen LogP contribution is -2.22. The Hall–Kier alpha value is -1.09. The van der Waals surface area contributed by atoms with Gasteiger partial charge in [0.1, 0.15) is 11.6 Å². The average molecular weight is 267 g/mol. The Bertz CT molecular complexity index is 379. The van der Waals surface area contributed by atoms with Crippen molar-refractivity contribution in [3.63, 3.8) is 0 Å². The van der Waals surface area contributed by atoms with Crippen molar-refractivity contribution in [2.24, 2.45) is 5.92 Å². The van der Waals surface area contributed by atoms with Crippen LogP contribution in [0.25, 0.3) is 0 Å². The van der Waals surface area contributed by atoms with Crippen molar-refractivity contribution in [2.45, 2.75) is 46.6 Å². The van der Waals surface area contributed by atoms with Gasteiger partial charge >= 0.3 is 0 Å². The van der Waals surface area contributed by atoms with Crippen LogP contribution in [0.1, 0.15) is 39.2 Å². The first-order chi connectivity index (χ1) is 8.99. The van der Waals surface area contributed by atoms with Crippen molar-refractivity contribution in [1.29, 1.82) is 0 Å². The summed E-state index contributed by atoms with van der Waals surface area (Å²) in [5, 5.41) is 3.41. The smallest absolute Gasteiger partial charge is 0.126 e. The maximum Gasteiger partial charge on any atom is 0.126 e. The van der Waals surface area contributed by atoms with E-state index in [0.717, 1.165) is 31.5 Å². The van der Waals surface area contributed by atoms with Crippen LogP contribution in [0.2, 0.25) is 0 Å². The van der Waals surface area contributed by atoms with Gasteiger partial charge in [-0.1, -0.05) is 19.9 Å². The normalized spacial score (nSPS) is 12.7. The minimum absolute atomic E-state index is 0.112. The fourth-order valence-corrected chi connectivity index (χ4v) is 1.88. The molecule has 1 aromatic rings. The summed E-state index contributed by atoms with van der Waals surface area (Å²) in [6.45, 7) is 10.4. The van der Waals surface area contributed by atoms with Crippen LogP contribution in [0, 0.1) is 18.7 Å². The van der Waals surface area contributed by atoms with Gasteiger partial charge in [0.15, 0.2) is 0 Å². The minimum atomic E-state index is -0.244. The standard InChI is InChI=1S/C16H26FNO/c1-12(2)11-18-9-5-6-14(4)19-16-10-15(17)8-7-13(16)3/h7-8,10,12,14,18H,5-6,9,11H2,1-4H3. The number of aryl methyl sites for hydroxylation is 1. The summed E-state index contributed by atoms with van der Waals surface area (Å²) in [6.07, 6.45) is 2.16. The molecule has 0 saturated heterocycles. The Morgan fingerprint density at radius 1 is 1.26 bits per heavy atom. The molecule has 3 heteroatoms. The van der Waals surface area contributed by atoms with Crippen LogP contribution in [0.5, 0.6) is 5.75 Å². The van der Waals surface area contributed by atoms with Gasteiger partial charge in [-0.05, 0) is 57.3 Å². The third-order valence-electron chi connectivity index (χ3n) is 3.00. The van der Waals surface area contributed by atoms with E-state index in [9.17, 15) is 4.39 Å². The third kappa shape index (κ3) is 6.58. The zero-order valence-electron chi connectivity index (χ0n) is 12.5. The Morgan fingerprint density at radius 3 is 2.68 bits per heavy atom. The first kappa shape index (κ1) is 16.0. The topological polar surface area (TPSA) is 21.3 Å². The zero-order chi connectivity index (χ0) is 14.3. The highest BCUT2D eigenvalue weighted by atomic mass is 19.1. The van der Waals surface area contributed by atoms with Gasteiger partial charge in [-0.3, -0.25) is 0 Å². The van der Waals surface area contributed by atoms with Crippen LogP contribution in [0.15, 0.2) is 18.2 Å². The van der Waals surface area contributed by atoms with E-state index in [1.54, 1.807) is 6.07 Å². The lowest BCUT2D eigenvalue weighted by Gasteiger charge is -2.16. The van der Waals surface area contributed by atoms with Crippen molar-refractivity contribution < 1.29 is 9.13 Å². The van der Waals surface area contributed by atoms with Crippen molar-refractivity contribution in [3.05, 3.63) is 29.6 Å². The molecule has 2 nitrogen and oxygen atoms in total. The van der Waals surface area contributed by atoms with Gasteiger partial charge in [-0.25, -0.2) is 4.39 Å². The van der Waals surface area contributed by atoms with Gasteiger partial charge in [-0.15, -0.1) is 0 Å². The van der Waals surface area contributed by atoms with E-state index in [1.165, 1.54) is 12.1 Å². The molecule has 0 heterocycles. The molecule has 0 fully saturated rings. The number of benzene rings is 1. The molecule has 0 aromatic heterocycles. The highest BCUT2D eigenvalue weighted by molar-refractivity contribution is 5.32. The highest BCUT2D eigenvalue weighted by Crippen LogP contribution is 2.21. The predicted molar refractivity (Wildman–Crippen MR) is 78.2 cm³/mol. The summed E-state index contributed by atoms with van der Waals surface area (Å²) in [4.78, 5) is 0. The summed E-state index contributed by atoms with van der Waals surface area (Å²) in [5.41, 5.74) is 0.978. The van der Waals surface area contributed by atoms with Crippen LogP contribution in [0.3, 0.4) is 0 Å². The van der Waals surface area contributed by atoms with Gasteiger partial charge in [0.25, 0.3) is 0 Å². The second-order valence-electron chi connectivity index (χ2n) is 5.58. The molecule has 0 aliphatic rings. The van der Waals surface area contributed by atoms with E-state index in [4.69, 9.17) is 4.74 Å². The van der Waals surface area contributed by atoms with Crippen molar-refractivity contribution in [3.8, 4) is 5.75 Å². The van der Waals surface area contributed by atoms with E-state index in [-0.39, 0.29) is 11.9 Å². The molecule has 19 heavy (non-hydrogen) atoms. The first-order valence-electron chi connectivity index (χ1n) is 7.12. The lowest BCUT2D eigenvalue weighted by molar-refractivity contribution is 0.205. The molecule has 0 amide bonds. The largest absolute Gasteiger partial charge is 0.490 e. The molecule has 0 aliphatic carbocycles. The maximum absolute atomic E-state index is 13.1.